The van der Waals surface area contributed by atoms with Crippen LogP contribution >= 0.6 is 0 Å². The fourth-order valence-corrected chi connectivity index (χ4v) is 2.58. The number of methoxy groups -OCH3 is 1. The first-order valence-electron chi connectivity index (χ1n) is 7.10. The molecule has 0 radical (unpaired) electrons. The summed E-state index contributed by atoms with van der Waals surface area (Å²) in [5.41, 5.74) is 4.08. The van der Waals surface area contributed by atoms with Crippen molar-refractivity contribution >= 4 is 0 Å². The molecule has 2 aromatic heterocycles. The maximum Gasteiger partial charge on any atom is 0.170 e. The van der Waals surface area contributed by atoms with Gasteiger partial charge in [-0.1, -0.05) is 12.1 Å². The number of hydrogen-bond donors (Lipinski definition) is 0. The molecular formula is C17H18N4O. The molecule has 2 heterocycles. The van der Waals surface area contributed by atoms with E-state index in [0.717, 1.165) is 39.8 Å². The zero-order chi connectivity index (χ0) is 15.7. The van der Waals surface area contributed by atoms with Crippen LogP contribution in [0.1, 0.15) is 17.0 Å². The summed E-state index contributed by atoms with van der Waals surface area (Å²) in [6, 6.07) is 8.03. The standard InChI is InChI=1S/C17H18N4O/c1-11-8-14(10-18-9-11)17-20-19-13(3)21(17)16-12(2)6-5-7-15(16)22-4/h5-10H,1-4H3. The normalized spacial score (nSPS) is 10.7. The molecular weight excluding hydrogens is 276 g/mol. The van der Waals surface area contributed by atoms with Gasteiger partial charge >= 0.3 is 0 Å². The first-order valence-corrected chi connectivity index (χ1v) is 7.10. The van der Waals surface area contributed by atoms with Crippen LogP contribution in [0.15, 0.2) is 36.7 Å². The number of hydrogen-bond acceptors (Lipinski definition) is 4. The second kappa shape index (κ2) is 5.60. The zero-order valence-electron chi connectivity index (χ0n) is 13.2. The number of para-hydroxylation sites is 1. The van der Waals surface area contributed by atoms with E-state index in [9.17, 15) is 0 Å². The van der Waals surface area contributed by atoms with Crippen molar-refractivity contribution < 1.29 is 4.74 Å². The molecule has 0 saturated heterocycles. The van der Waals surface area contributed by atoms with Gasteiger partial charge in [-0.2, -0.15) is 0 Å². The molecule has 22 heavy (non-hydrogen) atoms. The lowest BCUT2D eigenvalue weighted by Crippen LogP contribution is -2.05. The molecule has 5 nitrogen and oxygen atoms in total. The molecule has 5 heteroatoms. The Labute approximate surface area is 129 Å². The number of aromatic nitrogens is 4. The third-order valence-electron chi connectivity index (χ3n) is 3.60. The predicted octanol–water partition coefficient (Wildman–Crippen LogP) is 3.26. The highest BCUT2D eigenvalue weighted by molar-refractivity contribution is 5.62. The maximum absolute atomic E-state index is 5.53. The van der Waals surface area contributed by atoms with Gasteiger partial charge in [0.1, 0.15) is 11.6 Å². The van der Waals surface area contributed by atoms with Crippen molar-refractivity contribution in [3.63, 3.8) is 0 Å². The van der Waals surface area contributed by atoms with Crippen LogP contribution in [0, 0.1) is 20.8 Å². The quantitative estimate of drug-likeness (QED) is 0.744. The Morgan fingerprint density at radius 3 is 2.59 bits per heavy atom. The molecule has 0 saturated carbocycles. The van der Waals surface area contributed by atoms with Crippen LogP contribution < -0.4 is 4.74 Å². The van der Waals surface area contributed by atoms with E-state index in [1.54, 1.807) is 13.3 Å². The Kier molecular flexibility index (Phi) is 3.63. The molecule has 0 aliphatic heterocycles. The van der Waals surface area contributed by atoms with E-state index in [1.165, 1.54) is 0 Å². The molecule has 0 atom stereocenters. The summed E-state index contributed by atoms with van der Waals surface area (Å²) in [5, 5.41) is 8.58. The lowest BCUT2D eigenvalue weighted by atomic mass is 10.1. The van der Waals surface area contributed by atoms with Gasteiger partial charge in [0.2, 0.25) is 0 Å². The lowest BCUT2D eigenvalue weighted by Gasteiger charge is -2.15. The first kappa shape index (κ1) is 14.3. The number of rotatable bonds is 3. The van der Waals surface area contributed by atoms with Gasteiger partial charge in [0.05, 0.1) is 12.8 Å². The van der Waals surface area contributed by atoms with E-state index in [4.69, 9.17) is 4.74 Å². The Balaban J connectivity index is 2.28. The predicted molar refractivity (Wildman–Crippen MR) is 85.4 cm³/mol. The third kappa shape index (κ3) is 2.35. The SMILES string of the molecule is COc1cccc(C)c1-n1c(C)nnc1-c1cncc(C)c1. The highest BCUT2D eigenvalue weighted by atomic mass is 16.5. The largest absolute Gasteiger partial charge is 0.495 e. The Bertz CT molecular complexity index is 823. The summed E-state index contributed by atoms with van der Waals surface area (Å²) in [4.78, 5) is 4.26. The average Bonchev–Trinajstić information content (AvgIpc) is 2.88. The summed E-state index contributed by atoms with van der Waals surface area (Å²) in [7, 11) is 1.67. The minimum atomic E-state index is 0.765. The molecule has 3 aromatic rings. The first-order chi connectivity index (χ1) is 10.6. The topological polar surface area (TPSA) is 52.8 Å². The third-order valence-corrected chi connectivity index (χ3v) is 3.60. The number of aryl methyl sites for hydroxylation is 3. The van der Waals surface area contributed by atoms with Crippen molar-refractivity contribution in [2.45, 2.75) is 20.8 Å². The Morgan fingerprint density at radius 2 is 1.86 bits per heavy atom. The van der Waals surface area contributed by atoms with E-state index < -0.39 is 0 Å². The summed E-state index contributed by atoms with van der Waals surface area (Å²) in [6.45, 7) is 6.00. The molecule has 0 bridgehead atoms. The zero-order valence-corrected chi connectivity index (χ0v) is 13.2. The smallest absolute Gasteiger partial charge is 0.170 e. The molecule has 112 valence electrons. The average molecular weight is 294 g/mol. The second-order valence-electron chi connectivity index (χ2n) is 5.28. The number of pyridine rings is 1. The summed E-state index contributed by atoms with van der Waals surface area (Å²) in [6.07, 6.45) is 3.63. The molecule has 0 aliphatic carbocycles. The van der Waals surface area contributed by atoms with Crippen molar-refractivity contribution in [1.82, 2.24) is 19.7 Å². The van der Waals surface area contributed by atoms with Gasteiger partial charge in [-0.25, -0.2) is 0 Å². The van der Waals surface area contributed by atoms with Gasteiger partial charge < -0.3 is 4.74 Å². The van der Waals surface area contributed by atoms with Gasteiger partial charge in [0.15, 0.2) is 5.82 Å². The fraction of sp³-hybridized carbons (Fsp3) is 0.235. The van der Waals surface area contributed by atoms with Gasteiger partial charge in [-0.3, -0.25) is 9.55 Å². The van der Waals surface area contributed by atoms with Crippen molar-refractivity contribution in [2.24, 2.45) is 0 Å². The number of benzene rings is 1. The van der Waals surface area contributed by atoms with E-state index in [1.807, 2.05) is 36.7 Å². The highest BCUT2D eigenvalue weighted by Crippen LogP contribution is 2.31. The van der Waals surface area contributed by atoms with Crippen molar-refractivity contribution in [2.75, 3.05) is 7.11 Å². The van der Waals surface area contributed by atoms with Crippen molar-refractivity contribution in [1.29, 1.82) is 0 Å². The van der Waals surface area contributed by atoms with E-state index in [-0.39, 0.29) is 0 Å². The van der Waals surface area contributed by atoms with Crippen molar-refractivity contribution in [3.05, 3.63) is 53.6 Å². The number of nitrogens with zero attached hydrogens (tertiary/aromatic N) is 4. The summed E-state index contributed by atoms with van der Waals surface area (Å²) >= 11 is 0. The van der Waals surface area contributed by atoms with E-state index in [2.05, 4.69) is 34.2 Å². The van der Waals surface area contributed by atoms with Crippen LogP contribution in [0.2, 0.25) is 0 Å². The molecule has 0 fully saturated rings. The monoisotopic (exact) mass is 294 g/mol. The number of ether oxygens (including phenoxy) is 1. The van der Waals surface area contributed by atoms with E-state index in [0.29, 0.717) is 0 Å². The van der Waals surface area contributed by atoms with Crippen LogP contribution in [0.25, 0.3) is 17.1 Å². The van der Waals surface area contributed by atoms with Crippen molar-refractivity contribution in [3.8, 4) is 22.8 Å². The van der Waals surface area contributed by atoms with Crippen LogP contribution in [-0.4, -0.2) is 26.9 Å². The minimum absolute atomic E-state index is 0.765. The molecule has 3 rings (SSSR count). The lowest BCUT2D eigenvalue weighted by molar-refractivity contribution is 0.412. The summed E-state index contributed by atoms with van der Waals surface area (Å²) in [5.74, 6) is 2.37. The van der Waals surface area contributed by atoms with Gasteiger partial charge in [0, 0.05) is 18.0 Å². The Hall–Kier alpha value is -2.69. The fourth-order valence-electron chi connectivity index (χ4n) is 2.58. The van der Waals surface area contributed by atoms with E-state index >= 15 is 0 Å². The van der Waals surface area contributed by atoms with Crippen LogP contribution in [0.3, 0.4) is 0 Å². The van der Waals surface area contributed by atoms with Crippen LogP contribution in [-0.2, 0) is 0 Å². The van der Waals surface area contributed by atoms with Gasteiger partial charge in [-0.15, -0.1) is 10.2 Å². The summed E-state index contributed by atoms with van der Waals surface area (Å²) < 4.78 is 7.55. The minimum Gasteiger partial charge on any atom is -0.495 e. The molecule has 0 unspecified atom stereocenters. The van der Waals surface area contributed by atoms with Gasteiger partial charge in [-0.05, 0) is 44.0 Å². The maximum atomic E-state index is 5.53. The molecule has 0 amide bonds. The highest BCUT2D eigenvalue weighted by Gasteiger charge is 2.18. The van der Waals surface area contributed by atoms with Crippen LogP contribution in [0.4, 0.5) is 0 Å². The molecule has 0 N–H and O–H groups in total. The van der Waals surface area contributed by atoms with Gasteiger partial charge in [0.25, 0.3) is 0 Å². The Morgan fingerprint density at radius 1 is 1.05 bits per heavy atom. The van der Waals surface area contributed by atoms with Crippen LogP contribution in [0.5, 0.6) is 5.75 Å². The second-order valence-corrected chi connectivity index (χ2v) is 5.28. The molecule has 0 spiro atoms. The molecule has 0 aliphatic rings. The molecule has 1 aromatic carbocycles.